The van der Waals surface area contributed by atoms with E-state index in [9.17, 15) is 5.11 Å². The van der Waals surface area contributed by atoms with E-state index in [1.54, 1.807) is 18.3 Å². The molecule has 0 aliphatic carbocycles. The Labute approximate surface area is 157 Å². The second kappa shape index (κ2) is 5.99. The van der Waals surface area contributed by atoms with Crippen LogP contribution in [0.1, 0.15) is 22.3 Å². The fraction of sp³-hybridized carbons (Fsp3) is 0.0417. The molecule has 1 N–H and O–H groups in total. The molecule has 0 bridgehead atoms. The number of benzene rings is 3. The smallest absolute Gasteiger partial charge is 0.224 e. The fourth-order valence-electron chi connectivity index (χ4n) is 4.06. The second-order valence-electron chi connectivity index (χ2n) is 6.62. The number of ether oxygens (including phenoxy) is 1. The summed E-state index contributed by atoms with van der Waals surface area (Å²) >= 11 is 0. The predicted molar refractivity (Wildman–Crippen MR) is 104 cm³/mol. The number of rotatable bonds is 2. The average molecular weight is 351 g/mol. The fourth-order valence-corrected chi connectivity index (χ4v) is 4.06. The summed E-state index contributed by atoms with van der Waals surface area (Å²) in [5, 5.41) is 9.86. The maximum absolute atomic E-state index is 9.86. The molecule has 3 aromatic carbocycles. The van der Waals surface area contributed by atoms with Gasteiger partial charge in [-0.25, -0.2) is 4.98 Å². The molecule has 0 saturated heterocycles. The summed E-state index contributed by atoms with van der Waals surface area (Å²) in [5.74, 6) is 1.64. The lowest BCUT2D eigenvalue weighted by Crippen LogP contribution is -2.34. The van der Waals surface area contributed by atoms with Crippen LogP contribution in [0.5, 0.6) is 17.4 Å². The van der Waals surface area contributed by atoms with Gasteiger partial charge >= 0.3 is 0 Å². The molecule has 1 aliphatic rings. The summed E-state index contributed by atoms with van der Waals surface area (Å²) in [6.07, 6.45) is 1.75. The van der Waals surface area contributed by atoms with E-state index in [1.165, 1.54) is 0 Å². The van der Waals surface area contributed by atoms with E-state index < -0.39 is 5.41 Å². The molecule has 2 heterocycles. The van der Waals surface area contributed by atoms with Crippen molar-refractivity contribution in [1.82, 2.24) is 4.98 Å². The highest BCUT2D eigenvalue weighted by atomic mass is 16.5. The van der Waals surface area contributed by atoms with Gasteiger partial charge in [0.2, 0.25) is 5.88 Å². The summed E-state index contributed by atoms with van der Waals surface area (Å²) in [6.45, 7) is 0. The maximum Gasteiger partial charge on any atom is 0.224 e. The number of phenolic OH excluding ortho intramolecular Hbond substituents is 1. The lowest BCUT2D eigenvalue weighted by molar-refractivity contribution is 0.416. The largest absolute Gasteiger partial charge is 0.508 e. The van der Waals surface area contributed by atoms with Gasteiger partial charge in [-0.2, -0.15) is 0 Å². The van der Waals surface area contributed by atoms with Gasteiger partial charge in [-0.1, -0.05) is 66.7 Å². The van der Waals surface area contributed by atoms with Gasteiger partial charge in [-0.05, 0) is 35.4 Å². The Morgan fingerprint density at radius 3 is 2.15 bits per heavy atom. The highest BCUT2D eigenvalue weighted by Gasteiger charge is 2.45. The molecule has 0 fully saturated rings. The van der Waals surface area contributed by atoms with Crippen molar-refractivity contribution in [3.63, 3.8) is 0 Å². The molecule has 5 rings (SSSR count). The summed E-state index contributed by atoms with van der Waals surface area (Å²) < 4.78 is 6.14. The minimum atomic E-state index is -0.576. The number of aromatic nitrogens is 1. The van der Waals surface area contributed by atoms with Crippen LogP contribution in [0.2, 0.25) is 0 Å². The van der Waals surface area contributed by atoms with Gasteiger partial charge in [0, 0.05) is 17.3 Å². The van der Waals surface area contributed by atoms with Gasteiger partial charge in [0.15, 0.2) is 0 Å². The van der Waals surface area contributed by atoms with Crippen LogP contribution in [0.15, 0.2) is 97.2 Å². The Morgan fingerprint density at radius 1 is 0.667 bits per heavy atom. The molecule has 130 valence electrons. The number of pyridine rings is 1. The summed E-state index contributed by atoms with van der Waals surface area (Å²) in [4.78, 5) is 4.51. The van der Waals surface area contributed by atoms with E-state index in [1.807, 2.05) is 54.6 Å². The van der Waals surface area contributed by atoms with Crippen LogP contribution in [0.25, 0.3) is 0 Å². The van der Waals surface area contributed by atoms with Gasteiger partial charge < -0.3 is 9.84 Å². The summed E-state index contributed by atoms with van der Waals surface area (Å²) in [5.41, 5.74) is 3.65. The zero-order chi connectivity index (χ0) is 18.3. The van der Waals surface area contributed by atoms with Crippen LogP contribution < -0.4 is 4.74 Å². The van der Waals surface area contributed by atoms with Crippen molar-refractivity contribution in [2.75, 3.05) is 0 Å². The normalized spacial score (nSPS) is 17.5. The number of hydrogen-bond donors (Lipinski definition) is 1. The van der Waals surface area contributed by atoms with E-state index in [-0.39, 0.29) is 5.75 Å². The van der Waals surface area contributed by atoms with Crippen molar-refractivity contribution >= 4 is 0 Å². The summed E-state index contributed by atoms with van der Waals surface area (Å²) in [7, 11) is 0. The number of hydrogen-bond acceptors (Lipinski definition) is 3. The molecular weight excluding hydrogens is 334 g/mol. The first-order chi connectivity index (χ1) is 13.3. The van der Waals surface area contributed by atoms with Crippen LogP contribution in [0.4, 0.5) is 0 Å². The second-order valence-corrected chi connectivity index (χ2v) is 6.62. The lowest BCUT2D eigenvalue weighted by Gasteiger charge is -2.40. The van der Waals surface area contributed by atoms with Crippen LogP contribution in [-0.2, 0) is 5.41 Å². The highest BCUT2D eigenvalue weighted by Crippen LogP contribution is 2.54. The number of aromatic hydroxyl groups is 1. The Morgan fingerprint density at radius 2 is 1.33 bits per heavy atom. The van der Waals surface area contributed by atoms with Gasteiger partial charge in [0.1, 0.15) is 11.5 Å². The minimum Gasteiger partial charge on any atom is -0.508 e. The number of fused-ring (bicyclic) bond motifs is 2. The standard InChI is InChI=1S/C24H17NO2/c26-19-14-12-18(13-15-19)24(17-7-2-1-3-8-17)20-9-4-5-11-22(20)27-23-21(24)10-6-16-25-23/h1-16,26H. The molecule has 0 radical (unpaired) electrons. The molecule has 27 heavy (non-hydrogen) atoms. The van der Waals surface area contributed by atoms with Gasteiger partial charge in [-0.3, -0.25) is 0 Å². The van der Waals surface area contributed by atoms with Crippen LogP contribution in [0, 0.1) is 0 Å². The molecule has 1 atom stereocenters. The summed E-state index contributed by atoms with van der Waals surface area (Å²) in [6, 6.07) is 29.9. The first kappa shape index (κ1) is 15.6. The van der Waals surface area contributed by atoms with E-state index in [0.29, 0.717) is 5.88 Å². The number of phenols is 1. The molecule has 1 aliphatic heterocycles. The minimum absolute atomic E-state index is 0.244. The Balaban J connectivity index is 1.95. The van der Waals surface area contributed by atoms with Crippen LogP contribution in [0.3, 0.4) is 0 Å². The Kier molecular flexibility index (Phi) is 3.47. The van der Waals surface area contributed by atoms with E-state index in [4.69, 9.17) is 4.74 Å². The van der Waals surface area contributed by atoms with Crippen molar-refractivity contribution < 1.29 is 9.84 Å². The van der Waals surface area contributed by atoms with Crippen LogP contribution in [-0.4, -0.2) is 10.1 Å². The van der Waals surface area contributed by atoms with Crippen molar-refractivity contribution in [2.24, 2.45) is 0 Å². The number of nitrogens with zero attached hydrogens (tertiary/aromatic N) is 1. The molecule has 1 aromatic heterocycles. The predicted octanol–water partition coefficient (Wildman–Crippen LogP) is 5.28. The monoisotopic (exact) mass is 351 g/mol. The van der Waals surface area contributed by atoms with E-state index in [2.05, 4.69) is 29.2 Å². The average Bonchev–Trinajstić information content (AvgIpc) is 2.73. The molecule has 3 heteroatoms. The molecule has 4 aromatic rings. The third kappa shape index (κ3) is 2.25. The zero-order valence-electron chi connectivity index (χ0n) is 14.5. The molecule has 0 saturated carbocycles. The molecule has 0 spiro atoms. The zero-order valence-corrected chi connectivity index (χ0v) is 14.5. The third-order valence-electron chi connectivity index (χ3n) is 5.18. The quantitative estimate of drug-likeness (QED) is 0.471. The topological polar surface area (TPSA) is 42.4 Å². The van der Waals surface area contributed by atoms with Crippen molar-refractivity contribution in [1.29, 1.82) is 0 Å². The maximum atomic E-state index is 9.86. The SMILES string of the molecule is Oc1ccc(C2(c3ccccc3)c3ccccc3Oc3ncccc32)cc1. The van der Waals surface area contributed by atoms with Crippen LogP contribution >= 0.6 is 0 Å². The molecule has 0 amide bonds. The van der Waals surface area contributed by atoms with Crippen molar-refractivity contribution in [3.8, 4) is 17.4 Å². The third-order valence-corrected chi connectivity index (χ3v) is 5.18. The van der Waals surface area contributed by atoms with Gasteiger partial charge in [0.25, 0.3) is 0 Å². The Bertz CT molecular complexity index is 1060. The van der Waals surface area contributed by atoms with E-state index in [0.717, 1.165) is 28.0 Å². The van der Waals surface area contributed by atoms with E-state index >= 15 is 0 Å². The van der Waals surface area contributed by atoms with Crippen molar-refractivity contribution in [2.45, 2.75) is 5.41 Å². The first-order valence-corrected chi connectivity index (χ1v) is 8.88. The first-order valence-electron chi connectivity index (χ1n) is 8.88. The van der Waals surface area contributed by atoms with Crippen molar-refractivity contribution in [3.05, 3.63) is 119 Å². The number of para-hydroxylation sites is 1. The van der Waals surface area contributed by atoms with Gasteiger partial charge in [0.05, 0.1) is 5.41 Å². The lowest BCUT2D eigenvalue weighted by atomic mass is 9.64. The van der Waals surface area contributed by atoms with Gasteiger partial charge in [-0.15, -0.1) is 0 Å². The molecular formula is C24H17NO2. The molecule has 3 nitrogen and oxygen atoms in total. The highest BCUT2D eigenvalue weighted by molar-refractivity contribution is 5.68. The molecule has 1 unspecified atom stereocenters. The Hall–Kier alpha value is -3.59.